The number of unbranched alkanes of at least 4 members (excludes halogenated alkanes) is 1. The van der Waals surface area contributed by atoms with E-state index in [0.717, 1.165) is 30.5 Å². The first-order chi connectivity index (χ1) is 9.20. The number of Topliss-reactive ketones (excluding diaryl/α,β-unsaturated/α-hetero) is 1. The van der Waals surface area contributed by atoms with E-state index in [2.05, 4.69) is 18.0 Å². The van der Waals surface area contributed by atoms with E-state index in [1.165, 1.54) is 5.56 Å². The minimum absolute atomic E-state index is 0.0236. The van der Waals surface area contributed by atoms with Gasteiger partial charge in [0.15, 0.2) is 5.78 Å². The average Bonchev–Trinajstić information content (AvgIpc) is 2.45. The van der Waals surface area contributed by atoms with Crippen LogP contribution in [0.3, 0.4) is 0 Å². The lowest BCUT2D eigenvalue weighted by molar-refractivity contribution is 0.101. The van der Waals surface area contributed by atoms with Crippen molar-refractivity contribution in [1.82, 2.24) is 4.98 Å². The highest BCUT2D eigenvalue weighted by molar-refractivity contribution is 5.92. The standard InChI is InChI=1S/C17H19NO/c1-3-4-8-14-11-16(13(2)19)18-17(12-14)15-9-6-5-7-10-15/h5-7,9-12H,3-4,8H2,1-2H3. The molecule has 2 heteroatoms. The first-order valence-electron chi connectivity index (χ1n) is 6.78. The Morgan fingerprint density at radius 2 is 1.89 bits per heavy atom. The largest absolute Gasteiger partial charge is 0.293 e. The van der Waals surface area contributed by atoms with Gasteiger partial charge in [0.25, 0.3) is 0 Å². The maximum atomic E-state index is 11.6. The van der Waals surface area contributed by atoms with E-state index in [4.69, 9.17) is 0 Å². The molecule has 0 fully saturated rings. The number of nitrogens with zero attached hydrogens (tertiary/aromatic N) is 1. The highest BCUT2D eigenvalue weighted by atomic mass is 16.1. The Morgan fingerprint density at radius 1 is 1.16 bits per heavy atom. The summed E-state index contributed by atoms with van der Waals surface area (Å²) in [6.45, 7) is 3.74. The number of carbonyl (C=O) groups excluding carboxylic acids is 1. The van der Waals surface area contributed by atoms with Gasteiger partial charge >= 0.3 is 0 Å². The number of rotatable bonds is 5. The molecule has 0 aliphatic rings. The van der Waals surface area contributed by atoms with Crippen molar-refractivity contribution in [2.24, 2.45) is 0 Å². The number of benzene rings is 1. The summed E-state index contributed by atoms with van der Waals surface area (Å²) in [5, 5.41) is 0. The van der Waals surface area contributed by atoms with Crippen LogP contribution in [0.25, 0.3) is 11.3 Å². The van der Waals surface area contributed by atoms with Gasteiger partial charge in [0, 0.05) is 12.5 Å². The topological polar surface area (TPSA) is 30.0 Å². The van der Waals surface area contributed by atoms with Crippen molar-refractivity contribution in [3.63, 3.8) is 0 Å². The molecule has 2 rings (SSSR count). The minimum Gasteiger partial charge on any atom is -0.293 e. The summed E-state index contributed by atoms with van der Waals surface area (Å²) in [5.74, 6) is 0.0236. The summed E-state index contributed by atoms with van der Waals surface area (Å²) in [6, 6.07) is 14.0. The van der Waals surface area contributed by atoms with E-state index in [1.807, 2.05) is 36.4 Å². The van der Waals surface area contributed by atoms with Crippen LogP contribution in [0.1, 0.15) is 42.7 Å². The van der Waals surface area contributed by atoms with Gasteiger partial charge < -0.3 is 0 Å². The molecule has 0 radical (unpaired) electrons. The van der Waals surface area contributed by atoms with Crippen molar-refractivity contribution in [3.8, 4) is 11.3 Å². The molecular formula is C17H19NO. The molecule has 2 aromatic rings. The Morgan fingerprint density at radius 3 is 2.53 bits per heavy atom. The molecule has 1 heterocycles. The number of aromatic nitrogens is 1. The maximum absolute atomic E-state index is 11.6. The second-order valence-corrected chi connectivity index (χ2v) is 4.77. The molecule has 1 aromatic heterocycles. The molecule has 98 valence electrons. The summed E-state index contributed by atoms with van der Waals surface area (Å²) in [7, 11) is 0. The number of pyridine rings is 1. The van der Waals surface area contributed by atoms with Gasteiger partial charge in [-0.05, 0) is 30.5 Å². The molecule has 0 amide bonds. The van der Waals surface area contributed by atoms with Crippen molar-refractivity contribution in [3.05, 3.63) is 53.7 Å². The summed E-state index contributed by atoms with van der Waals surface area (Å²) in [5.41, 5.74) is 3.70. The highest BCUT2D eigenvalue weighted by Gasteiger charge is 2.08. The summed E-state index contributed by atoms with van der Waals surface area (Å²) in [6.07, 6.45) is 3.28. The van der Waals surface area contributed by atoms with Crippen LogP contribution in [0, 0.1) is 0 Å². The van der Waals surface area contributed by atoms with Crippen LogP contribution in [-0.4, -0.2) is 10.8 Å². The van der Waals surface area contributed by atoms with Crippen molar-refractivity contribution < 1.29 is 4.79 Å². The quantitative estimate of drug-likeness (QED) is 0.744. The fourth-order valence-corrected chi connectivity index (χ4v) is 2.05. The van der Waals surface area contributed by atoms with Gasteiger partial charge in [-0.1, -0.05) is 43.7 Å². The van der Waals surface area contributed by atoms with Crippen molar-refractivity contribution in [1.29, 1.82) is 0 Å². The van der Waals surface area contributed by atoms with Gasteiger partial charge in [-0.15, -0.1) is 0 Å². The lowest BCUT2D eigenvalue weighted by atomic mass is 10.0. The van der Waals surface area contributed by atoms with E-state index >= 15 is 0 Å². The van der Waals surface area contributed by atoms with E-state index in [-0.39, 0.29) is 5.78 Å². The Hall–Kier alpha value is -1.96. The molecule has 0 saturated carbocycles. The molecule has 0 N–H and O–H groups in total. The molecule has 0 unspecified atom stereocenters. The zero-order valence-electron chi connectivity index (χ0n) is 11.5. The number of hydrogen-bond acceptors (Lipinski definition) is 2. The Bertz CT molecular complexity index is 561. The van der Waals surface area contributed by atoms with Crippen LogP contribution in [-0.2, 0) is 6.42 Å². The molecule has 2 nitrogen and oxygen atoms in total. The van der Waals surface area contributed by atoms with Crippen molar-refractivity contribution in [2.45, 2.75) is 33.1 Å². The molecule has 0 bridgehead atoms. The number of carbonyl (C=O) groups is 1. The molecule has 0 spiro atoms. The van der Waals surface area contributed by atoms with Crippen molar-refractivity contribution in [2.75, 3.05) is 0 Å². The van der Waals surface area contributed by atoms with Crippen LogP contribution in [0.2, 0.25) is 0 Å². The lowest BCUT2D eigenvalue weighted by Gasteiger charge is -2.07. The molecular weight excluding hydrogens is 234 g/mol. The Balaban J connectivity index is 2.42. The molecule has 0 atom stereocenters. The third kappa shape index (κ3) is 3.50. The number of hydrogen-bond donors (Lipinski definition) is 0. The van der Waals surface area contributed by atoms with Crippen LogP contribution in [0.5, 0.6) is 0 Å². The monoisotopic (exact) mass is 253 g/mol. The predicted molar refractivity (Wildman–Crippen MR) is 78.3 cm³/mol. The van der Waals surface area contributed by atoms with E-state index in [0.29, 0.717) is 5.69 Å². The summed E-state index contributed by atoms with van der Waals surface area (Å²) >= 11 is 0. The highest BCUT2D eigenvalue weighted by Crippen LogP contribution is 2.20. The van der Waals surface area contributed by atoms with E-state index in [1.54, 1.807) is 6.92 Å². The van der Waals surface area contributed by atoms with Gasteiger partial charge in [0.1, 0.15) is 5.69 Å². The fourth-order valence-electron chi connectivity index (χ4n) is 2.05. The Labute approximate surface area is 114 Å². The summed E-state index contributed by atoms with van der Waals surface area (Å²) in [4.78, 5) is 16.1. The fraction of sp³-hybridized carbons (Fsp3) is 0.294. The number of aryl methyl sites for hydroxylation is 1. The van der Waals surface area contributed by atoms with E-state index < -0.39 is 0 Å². The van der Waals surface area contributed by atoms with Gasteiger partial charge in [0.05, 0.1) is 5.69 Å². The first-order valence-corrected chi connectivity index (χ1v) is 6.78. The molecule has 0 aliphatic heterocycles. The predicted octanol–water partition coefficient (Wildman–Crippen LogP) is 4.29. The molecule has 19 heavy (non-hydrogen) atoms. The van der Waals surface area contributed by atoms with Crippen LogP contribution in [0.15, 0.2) is 42.5 Å². The lowest BCUT2D eigenvalue weighted by Crippen LogP contribution is -2.01. The van der Waals surface area contributed by atoms with Gasteiger partial charge in [-0.3, -0.25) is 4.79 Å². The van der Waals surface area contributed by atoms with Crippen LogP contribution >= 0.6 is 0 Å². The normalized spacial score (nSPS) is 10.4. The molecule has 0 saturated heterocycles. The van der Waals surface area contributed by atoms with Crippen LogP contribution in [0.4, 0.5) is 0 Å². The third-order valence-corrected chi connectivity index (χ3v) is 3.13. The van der Waals surface area contributed by atoms with Gasteiger partial charge in [0.2, 0.25) is 0 Å². The smallest absolute Gasteiger partial charge is 0.178 e. The van der Waals surface area contributed by atoms with Gasteiger partial charge in [-0.2, -0.15) is 0 Å². The zero-order chi connectivity index (χ0) is 13.7. The van der Waals surface area contributed by atoms with Gasteiger partial charge in [-0.25, -0.2) is 4.98 Å². The van der Waals surface area contributed by atoms with E-state index in [9.17, 15) is 4.79 Å². The molecule has 1 aromatic carbocycles. The average molecular weight is 253 g/mol. The number of ketones is 1. The first kappa shape index (κ1) is 13.5. The molecule has 0 aliphatic carbocycles. The third-order valence-electron chi connectivity index (χ3n) is 3.13. The maximum Gasteiger partial charge on any atom is 0.178 e. The second-order valence-electron chi connectivity index (χ2n) is 4.77. The minimum atomic E-state index is 0.0236. The summed E-state index contributed by atoms with van der Waals surface area (Å²) < 4.78 is 0. The van der Waals surface area contributed by atoms with Crippen LogP contribution < -0.4 is 0 Å². The Kier molecular flexibility index (Phi) is 4.45. The van der Waals surface area contributed by atoms with Crippen molar-refractivity contribution >= 4 is 5.78 Å². The second kappa shape index (κ2) is 6.28. The zero-order valence-corrected chi connectivity index (χ0v) is 11.5. The SMILES string of the molecule is CCCCc1cc(C(C)=O)nc(-c2ccccc2)c1.